The van der Waals surface area contributed by atoms with Crippen LogP contribution in [0.1, 0.15) is 18.5 Å². The van der Waals surface area contributed by atoms with Crippen molar-refractivity contribution in [1.82, 2.24) is 15.2 Å². The Balaban J connectivity index is 0.000000902. The number of nitrogens with one attached hydrogen (secondary N) is 1. The Morgan fingerprint density at radius 1 is 1.26 bits per heavy atom. The standard InChI is InChI=1S/C13H17N3S.2ClH/c1-10(16-6-4-14-5-7-16)11-2-3-13-12(8-11)15-9-17-13;;/h2-3,8-10,14H,4-7H2,1H3;2*1H/t10-;;/m1../s1. The Kier molecular flexibility index (Phi) is 6.50. The van der Waals surface area contributed by atoms with Gasteiger partial charge >= 0.3 is 0 Å². The highest BCUT2D eigenvalue weighted by atomic mass is 35.5. The van der Waals surface area contributed by atoms with Crippen LogP contribution in [-0.2, 0) is 0 Å². The van der Waals surface area contributed by atoms with Crippen molar-refractivity contribution in [3.63, 3.8) is 0 Å². The molecule has 1 aromatic heterocycles. The quantitative estimate of drug-likeness (QED) is 0.921. The fraction of sp³-hybridized carbons (Fsp3) is 0.462. The maximum absolute atomic E-state index is 4.39. The van der Waals surface area contributed by atoms with Crippen LogP contribution in [0.3, 0.4) is 0 Å². The van der Waals surface area contributed by atoms with E-state index in [0.717, 1.165) is 31.7 Å². The Hall–Kier alpha value is -0.390. The smallest absolute Gasteiger partial charge is 0.0815 e. The van der Waals surface area contributed by atoms with E-state index in [-0.39, 0.29) is 24.8 Å². The molecule has 0 unspecified atom stereocenters. The maximum atomic E-state index is 4.39. The minimum absolute atomic E-state index is 0. The van der Waals surface area contributed by atoms with Gasteiger partial charge < -0.3 is 5.32 Å². The molecule has 3 nitrogen and oxygen atoms in total. The van der Waals surface area contributed by atoms with Crippen LogP contribution in [0.4, 0.5) is 0 Å². The molecule has 0 amide bonds. The summed E-state index contributed by atoms with van der Waals surface area (Å²) in [5, 5.41) is 3.39. The second-order valence-corrected chi connectivity index (χ2v) is 5.43. The van der Waals surface area contributed by atoms with Crippen molar-refractivity contribution in [2.45, 2.75) is 13.0 Å². The van der Waals surface area contributed by atoms with Crippen LogP contribution in [0.2, 0.25) is 0 Å². The van der Waals surface area contributed by atoms with Gasteiger partial charge in [0.05, 0.1) is 15.7 Å². The molecular formula is C13H19Cl2N3S. The second kappa shape index (κ2) is 7.41. The molecule has 2 aromatic rings. The number of benzene rings is 1. The number of fused-ring (bicyclic) bond motifs is 1. The van der Waals surface area contributed by atoms with Crippen LogP contribution in [0.5, 0.6) is 0 Å². The molecule has 106 valence electrons. The number of piperazine rings is 1. The predicted molar refractivity (Wildman–Crippen MR) is 87.0 cm³/mol. The zero-order valence-electron chi connectivity index (χ0n) is 10.8. The zero-order chi connectivity index (χ0) is 11.7. The minimum atomic E-state index is 0. The molecule has 6 heteroatoms. The molecule has 1 atom stereocenters. The van der Waals surface area contributed by atoms with Crippen molar-refractivity contribution in [3.8, 4) is 0 Å². The summed E-state index contributed by atoms with van der Waals surface area (Å²) in [4.78, 5) is 6.93. The van der Waals surface area contributed by atoms with Gasteiger partial charge in [-0.3, -0.25) is 4.90 Å². The fourth-order valence-electron chi connectivity index (χ4n) is 2.41. The number of halogens is 2. The van der Waals surface area contributed by atoms with E-state index >= 15 is 0 Å². The second-order valence-electron chi connectivity index (χ2n) is 4.54. The Morgan fingerprint density at radius 2 is 2.00 bits per heavy atom. The molecule has 0 radical (unpaired) electrons. The highest BCUT2D eigenvalue weighted by Crippen LogP contribution is 2.25. The third-order valence-electron chi connectivity index (χ3n) is 3.54. The fourth-order valence-corrected chi connectivity index (χ4v) is 3.07. The first-order valence-electron chi connectivity index (χ1n) is 6.12. The van der Waals surface area contributed by atoms with E-state index in [1.807, 2.05) is 5.51 Å². The number of rotatable bonds is 2. The molecule has 3 rings (SSSR count). The van der Waals surface area contributed by atoms with E-state index in [1.165, 1.54) is 10.3 Å². The van der Waals surface area contributed by atoms with Gasteiger partial charge in [-0.2, -0.15) is 0 Å². The van der Waals surface area contributed by atoms with Crippen LogP contribution in [0.25, 0.3) is 10.2 Å². The van der Waals surface area contributed by atoms with Gasteiger partial charge in [-0.05, 0) is 24.6 Å². The molecule has 19 heavy (non-hydrogen) atoms. The van der Waals surface area contributed by atoms with Crippen molar-refractivity contribution >= 4 is 46.4 Å². The SMILES string of the molecule is C[C@H](c1ccc2scnc2c1)N1CCNCC1.Cl.Cl. The van der Waals surface area contributed by atoms with Gasteiger partial charge in [-0.15, -0.1) is 36.2 Å². The normalized spacial score (nSPS) is 17.5. The highest BCUT2D eigenvalue weighted by Gasteiger charge is 2.18. The predicted octanol–water partition coefficient (Wildman–Crippen LogP) is 3.11. The number of hydrogen-bond donors (Lipinski definition) is 1. The summed E-state index contributed by atoms with van der Waals surface area (Å²) in [6.07, 6.45) is 0. The van der Waals surface area contributed by atoms with Gasteiger partial charge in [-0.1, -0.05) is 6.07 Å². The van der Waals surface area contributed by atoms with E-state index < -0.39 is 0 Å². The number of thiazole rings is 1. The lowest BCUT2D eigenvalue weighted by Crippen LogP contribution is -2.44. The van der Waals surface area contributed by atoms with Gasteiger partial charge in [0.15, 0.2) is 0 Å². The van der Waals surface area contributed by atoms with Crippen LogP contribution in [-0.4, -0.2) is 36.1 Å². The Bertz CT molecular complexity index is 511. The number of aromatic nitrogens is 1. The van der Waals surface area contributed by atoms with Crippen LogP contribution in [0, 0.1) is 0 Å². The van der Waals surface area contributed by atoms with Crippen LogP contribution < -0.4 is 5.32 Å². The molecule has 0 bridgehead atoms. The van der Waals surface area contributed by atoms with Crippen molar-refractivity contribution < 1.29 is 0 Å². The summed E-state index contributed by atoms with van der Waals surface area (Å²) >= 11 is 1.71. The van der Waals surface area contributed by atoms with Gasteiger partial charge in [0.2, 0.25) is 0 Å². The molecule has 0 spiro atoms. The first kappa shape index (κ1) is 16.7. The molecular weight excluding hydrogens is 301 g/mol. The summed E-state index contributed by atoms with van der Waals surface area (Å²) < 4.78 is 1.28. The molecule has 1 N–H and O–H groups in total. The summed E-state index contributed by atoms with van der Waals surface area (Å²) in [6.45, 7) is 6.76. The van der Waals surface area contributed by atoms with Crippen molar-refractivity contribution in [2.24, 2.45) is 0 Å². The first-order valence-corrected chi connectivity index (χ1v) is 7.00. The van der Waals surface area contributed by atoms with Gasteiger partial charge in [0, 0.05) is 32.2 Å². The minimum Gasteiger partial charge on any atom is -0.314 e. The average molecular weight is 320 g/mol. The van der Waals surface area contributed by atoms with E-state index in [2.05, 4.69) is 40.3 Å². The lowest BCUT2D eigenvalue weighted by Gasteiger charge is -2.33. The molecule has 1 aromatic carbocycles. The van der Waals surface area contributed by atoms with Crippen molar-refractivity contribution in [1.29, 1.82) is 0 Å². The topological polar surface area (TPSA) is 28.2 Å². The van der Waals surface area contributed by atoms with E-state index in [1.54, 1.807) is 11.3 Å². The zero-order valence-corrected chi connectivity index (χ0v) is 13.3. The Labute approximate surface area is 130 Å². The maximum Gasteiger partial charge on any atom is 0.0815 e. The molecule has 0 saturated carbocycles. The van der Waals surface area contributed by atoms with Gasteiger partial charge in [0.25, 0.3) is 0 Å². The van der Waals surface area contributed by atoms with E-state index in [4.69, 9.17) is 0 Å². The molecule has 1 aliphatic heterocycles. The summed E-state index contributed by atoms with van der Waals surface area (Å²) in [6, 6.07) is 7.16. The van der Waals surface area contributed by atoms with Crippen LogP contribution in [0.15, 0.2) is 23.7 Å². The average Bonchev–Trinajstić information content (AvgIpc) is 2.86. The van der Waals surface area contributed by atoms with Crippen molar-refractivity contribution in [2.75, 3.05) is 26.2 Å². The van der Waals surface area contributed by atoms with Gasteiger partial charge in [-0.25, -0.2) is 4.98 Å². The largest absolute Gasteiger partial charge is 0.314 e. The molecule has 0 aliphatic carbocycles. The highest BCUT2D eigenvalue weighted by molar-refractivity contribution is 7.16. The summed E-state index contributed by atoms with van der Waals surface area (Å²) in [5.74, 6) is 0. The molecule has 1 fully saturated rings. The first-order chi connectivity index (χ1) is 8.34. The molecule has 1 aliphatic rings. The number of nitrogens with zero attached hydrogens (tertiary/aromatic N) is 2. The van der Waals surface area contributed by atoms with E-state index in [9.17, 15) is 0 Å². The lowest BCUT2D eigenvalue weighted by molar-refractivity contribution is 0.185. The molecule has 2 heterocycles. The van der Waals surface area contributed by atoms with Crippen molar-refractivity contribution in [3.05, 3.63) is 29.3 Å². The number of hydrogen-bond acceptors (Lipinski definition) is 4. The molecule has 1 saturated heterocycles. The van der Waals surface area contributed by atoms with E-state index in [0.29, 0.717) is 6.04 Å². The summed E-state index contributed by atoms with van der Waals surface area (Å²) in [7, 11) is 0. The summed E-state index contributed by atoms with van der Waals surface area (Å²) in [5.41, 5.74) is 4.43. The third-order valence-corrected chi connectivity index (χ3v) is 4.35. The lowest BCUT2D eigenvalue weighted by atomic mass is 10.1. The monoisotopic (exact) mass is 319 g/mol. The Morgan fingerprint density at radius 3 is 2.74 bits per heavy atom. The van der Waals surface area contributed by atoms with Gasteiger partial charge in [0.1, 0.15) is 0 Å². The van der Waals surface area contributed by atoms with Crippen LogP contribution >= 0.6 is 36.2 Å². The third kappa shape index (κ3) is 3.58.